The molecule has 0 aliphatic carbocycles. The van der Waals surface area contributed by atoms with Crippen molar-refractivity contribution in [3.63, 3.8) is 0 Å². The monoisotopic (exact) mass is 369 g/mol. The van der Waals surface area contributed by atoms with Gasteiger partial charge in [0, 0.05) is 17.7 Å². The number of halogens is 1. The number of benzene rings is 2. The Morgan fingerprint density at radius 3 is 2.70 bits per heavy atom. The average Bonchev–Trinajstić information content (AvgIpc) is 2.89. The van der Waals surface area contributed by atoms with E-state index in [0.717, 1.165) is 4.90 Å². The predicted molar refractivity (Wildman–Crippen MR) is 93.5 cm³/mol. The second-order valence-corrected chi connectivity index (χ2v) is 6.38. The van der Waals surface area contributed by atoms with E-state index in [-0.39, 0.29) is 13.0 Å². The summed E-state index contributed by atoms with van der Waals surface area (Å²) in [6.07, 6.45) is 0.282. The fourth-order valence-corrected chi connectivity index (χ4v) is 3.39. The van der Waals surface area contributed by atoms with Crippen molar-refractivity contribution in [1.29, 1.82) is 0 Å². The summed E-state index contributed by atoms with van der Waals surface area (Å²) < 4.78 is 18.5. The van der Waals surface area contributed by atoms with Gasteiger partial charge in [-0.1, -0.05) is 18.2 Å². The molecule has 1 spiro atoms. The highest BCUT2D eigenvalue weighted by Gasteiger charge is 2.55. The summed E-state index contributed by atoms with van der Waals surface area (Å²) in [5.74, 6) is -0.933. The molecule has 1 atom stereocenters. The van der Waals surface area contributed by atoms with Gasteiger partial charge >= 0.3 is 6.03 Å². The zero-order valence-corrected chi connectivity index (χ0v) is 14.2. The molecule has 0 saturated carbocycles. The summed E-state index contributed by atoms with van der Waals surface area (Å²) >= 11 is 0. The standard InChI is InChI=1S/C19H16FN3O4/c20-12-5-7-13(8-6-12)21-16(24)11-23-17(25)19(22-18(23)26)9-10-27-15-4-2-1-3-14(15)19/h1-8H,9-11H2,(H,21,24)(H,22,26). The van der Waals surface area contributed by atoms with E-state index in [0.29, 0.717) is 17.0 Å². The number of hydrogen-bond donors (Lipinski definition) is 2. The van der Waals surface area contributed by atoms with Crippen LogP contribution < -0.4 is 15.4 Å². The fraction of sp³-hybridized carbons (Fsp3) is 0.211. The number of carbonyl (C=O) groups excluding carboxylic acids is 3. The van der Waals surface area contributed by atoms with Crippen LogP contribution >= 0.6 is 0 Å². The normalized spacial score (nSPS) is 20.9. The molecule has 2 aliphatic rings. The number of ether oxygens (including phenoxy) is 1. The van der Waals surface area contributed by atoms with E-state index in [1.807, 2.05) is 0 Å². The van der Waals surface area contributed by atoms with Crippen molar-refractivity contribution >= 4 is 23.5 Å². The quantitative estimate of drug-likeness (QED) is 0.810. The average molecular weight is 369 g/mol. The van der Waals surface area contributed by atoms with Gasteiger partial charge in [0.1, 0.15) is 18.1 Å². The van der Waals surface area contributed by atoms with Crippen molar-refractivity contribution < 1.29 is 23.5 Å². The zero-order valence-electron chi connectivity index (χ0n) is 14.2. The Labute approximate surface area is 154 Å². The van der Waals surface area contributed by atoms with Crippen LogP contribution in [0.3, 0.4) is 0 Å². The number of imide groups is 1. The highest BCUT2D eigenvalue weighted by atomic mass is 19.1. The number of para-hydroxylation sites is 1. The topological polar surface area (TPSA) is 87.7 Å². The molecule has 1 unspecified atom stereocenters. The maximum Gasteiger partial charge on any atom is 0.325 e. The minimum absolute atomic E-state index is 0.276. The molecular formula is C19H16FN3O4. The van der Waals surface area contributed by atoms with E-state index < -0.39 is 35.7 Å². The lowest BCUT2D eigenvalue weighted by atomic mass is 9.84. The molecule has 1 fully saturated rings. The molecule has 2 aliphatic heterocycles. The first-order valence-electron chi connectivity index (χ1n) is 8.41. The largest absolute Gasteiger partial charge is 0.493 e. The number of rotatable bonds is 3. The van der Waals surface area contributed by atoms with Gasteiger partial charge < -0.3 is 15.4 Å². The van der Waals surface area contributed by atoms with Gasteiger partial charge in [0.05, 0.1) is 6.61 Å². The van der Waals surface area contributed by atoms with Crippen LogP contribution in [-0.4, -0.2) is 35.9 Å². The van der Waals surface area contributed by atoms with Gasteiger partial charge in [-0.2, -0.15) is 0 Å². The van der Waals surface area contributed by atoms with Crippen LogP contribution in [0.2, 0.25) is 0 Å². The first-order chi connectivity index (χ1) is 13.0. The summed E-state index contributed by atoms with van der Waals surface area (Å²) in [5, 5.41) is 5.27. The molecule has 0 radical (unpaired) electrons. The Balaban J connectivity index is 1.54. The van der Waals surface area contributed by atoms with Gasteiger partial charge in [0.2, 0.25) is 5.91 Å². The van der Waals surface area contributed by atoms with E-state index in [1.165, 1.54) is 24.3 Å². The lowest BCUT2D eigenvalue weighted by Crippen LogP contribution is -2.48. The maximum atomic E-state index is 13.0. The van der Waals surface area contributed by atoms with Gasteiger partial charge in [-0.25, -0.2) is 9.18 Å². The third kappa shape index (κ3) is 2.88. The summed E-state index contributed by atoms with van der Waals surface area (Å²) in [5.41, 5.74) is -0.266. The highest BCUT2D eigenvalue weighted by molar-refractivity contribution is 6.10. The predicted octanol–water partition coefficient (Wildman–Crippen LogP) is 1.99. The van der Waals surface area contributed by atoms with Crippen molar-refractivity contribution in [3.05, 3.63) is 59.9 Å². The smallest absolute Gasteiger partial charge is 0.325 e. The molecule has 27 heavy (non-hydrogen) atoms. The molecule has 0 bridgehead atoms. The molecule has 2 N–H and O–H groups in total. The van der Waals surface area contributed by atoms with Crippen LogP contribution in [0.1, 0.15) is 12.0 Å². The third-order valence-electron chi connectivity index (χ3n) is 4.69. The first kappa shape index (κ1) is 17.0. The van der Waals surface area contributed by atoms with Gasteiger partial charge in [-0.15, -0.1) is 0 Å². The van der Waals surface area contributed by atoms with Crippen LogP contribution in [0, 0.1) is 5.82 Å². The van der Waals surface area contributed by atoms with E-state index in [2.05, 4.69) is 10.6 Å². The first-order valence-corrected chi connectivity index (χ1v) is 8.41. The minimum atomic E-state index is -1.22. The number of nitrogens with zero attached hydrogens (tertiary/aromatic N) is 1. The summed E-state index contributed by atoms with van der Waals surface area (Å²) in [4.78, 5) is 38.6. The number of fused-ring (bicyclic) bond motifs is 2. The molecular weight excluding hydrogens is 353 g/mol. The van der Waals surface area contributed by atoms with E-state index in [9.17, 15) is 18.8 Å². The minimum Gasteiger partial charge on any atom is -0.493 e. The number of nitrogens with one attached hydrogen (secondary N) is 2. The van der Waals surface area contributed by atoms with Crippen molar-refractivity contribution in [2.24, 2.45) is 0 Å². The zero-order chi connectivity index (χ0) is 19.0. The highest BCUT2D eigenvalue weighted by Crippen LogP contribution is 2.40. The van der Waals surface area contributed by atoms with Crippen molar-refractivity contribution in [2.45, 2.75) is 12.0 Å². The molecule has 4 rings (SSSR count). The molecule has 8 heteroatoms. The Hall–Kier alpha value is -3.42. The lowest BCUT2D eigenvalue weighted by Gasteiger charge is -2.33. The van der Waals surface area contributed by atoms with Crippen LogP contribution in [0.15, 0.2) is 48.5 Å². The molecule has 0 aromatic heterocycles. The van der Waals surface area contributed by atoms with E-state index in [1.54, 1.807) is 24.3 Å². The van der Waals surface area contributed by atoms with Gasteiger partial charge in [0.25, 0.3) is 5.91 Å². The molecule has 1 saturated heterocycles. The molecule has 2 aromatic carbocycles. The molecule has 138 valence electrons. The molecule has 4 amide bonds. The number of carbonyl (C=O) groups is 3. The SMILES string of the molecule is O=C(CN1C(=O)NC2(CCOc3ccccc32)C1=O)Nc1ccc(F)cc1. The van der Waals surface area contributed by atoms with Crippen molar-refractivity contribution in [2.75, 3.05) is 18.5 Å². The van der Waals surface area contributed by atoms with E-state index >= 15 is 0 Å². The third-order valence-corrected chi connectivity index (χ3v) is 4.69. The fourth-order valence-electron chi connectivity index (χ4n) is 3.39. The van der Waals surface area contributed by atoms with Crippen molar-refractivity contribution in [1.82, 2.24) is 10.2 Å². The second kappa shape index (κ2) is 6.39. The lowest BCUT2D eigenvalue weighted by molar-refractivity contribution is -0.135. The van der Waals surface area contributed by atoms with Crippen molar-refractivity contribution in [3.8, 4) is 5.75 Å². The van der Waals surface area contributed by atoms with Crippen LogP contribution in [0.5, 0.6) is 5.75 Å². The summed E-state index contributed by atoms with van der Waals surface area (Å²) in [7, 11) is 0. The van der Waals surface area contributed by atoms with E-state index in [4.69, 9.17) is 4.74 Å². The molecule has 2 aromatic rings. The number of anilines is 1. The maximum absolute atomic E-state index is 13.0. The Kier molecular flexibility index (Phi) is 4.02. The van der Waals surface area contributed by atoms with Gasteiger partial charge in [-0.05, 0) is 30.3 Å². The summed E-state index contributed by atoms with van der Waals surface area (Å²) in [6.45, 7) is -0.161. The Bertz CT molecular complexity index is 931. The van der Waals surface area contributed by atoms with Gasteiger partial charge in [0.15, 0.2) is 5.54 Å². The molecule has 7 nitrogen and oxygen atoms in total. The summed E-state index contributed by atoms with van der Waals surface area (Å²) in [6, 6.07) is 11.6. The molecule has 2 heterocycles. The number of urea groups is 1. The van der Waals surface area contributed by atoms with Gasteiger partial charge in [-0.3, -0.25) is 14.5 Å². The number of amides is 4. The van der Waals surface area contributed by atoms with Crippen LogP contribution in [0.25, 0.3) is 0 Å². The second-order valence-electron chi connectivity index (χ2n) is 6.38. The van der Waals surface area contributed by atoms with Crippen LogP contribution in [-0.2, 0) is 15.1 Å². The van der Waals surface area contributed by atoms with Crippen LogP contribution in [0.4, 0.5) is 14.9 Å². The Morgan fingerprint density at radius 2 is 1.93 bits per heavy atom. The number of hydrogen-bond acceptors (Lipinski definition) is 4. The Morgan fingerprint density at radius 1 is 1.19 bits per heavy atom.